The summed E-state index contributed by atoms with van der Waals surface area (Å²) in [6.07, 6.45) is 0. The topological polar surface area (TPSA) is 0 Å². The second kappa shape index (κ2) is 40.4. The molecule has 0 amide bonds. The molecule has 0 spiro atoms. The van der Waals surface area contributed by atoms with Crippen LogP contribution in [0.15, 0.2) is 272 Å². The molecule has 3 aromatic heterocycles. The van der Waals surface area contributed by atoms with E-state index in [2.05, 4.69) is 405 Å². The zero-order valence-corrected chi connectivity index (χ0v) is 68.0. The maximum Gasteiger partial charge on any atom is -0.0134 e. The SMILES string of the molecule is Brc1[c-]scc1.Brc1cc(-c2sccc2Br)c(Br)cc1-c1sccc1Br.Brc1cc(I)c(Br)cc1I.[Cl][Pd][Cl].[Zn+][Br].c1ccc(P(c2ccccc2)c2ccccc2)cc1.c1ccc(P(c2ccccc2)c2ccccc2)cc1. The summed E-state index contributed by atoms with van der Waals surface area (Å²) in [5.74, 6) is 0. The minimum Gasteiger partial charge on any atom is -0.0622 e. The Balaban J connectivity index is 0.000000185. The van der Waals surface area contributed by atoms with Gasteiger partial charge in [0.25, 0.3) is 0 Å². The number of thiophene rings is 3. The van der Waals surface area contributed by atoms with Gasteiger partial charge >= 0.3 is 65.0 Å². The molecule has 79 heavy (non-hydrogen) atoms. The van der Waals surface area contributed by atoms with E-state index in [4.69, 9.17) is 19.1 Å². The number of rotatable bonds is 8. The summed E-state index contributed by atoms with van der Waals surface area (Å²) in [6, 6.07) is 79.3. The van der Waals surface area contributed by atoms with E-state index in [9.17, 15) is 0 Å². The Hall–Kier alpha value is 0.886. The van der Waals surface area contributed by atoms with Gasteiger partial charge in [0.15, 0.2) is 0 Å². The summed E-state index contributed by atoms with van der Waals surface area (Å²) in [5.41, 5.74) is 2.38. The monoisotopic (exact) mass is 2040 g/mol. The summed E-state index contributed by atoms with van der Waals surface area (Å²) >= 11 is 38.5. The van der Waals surface area contributed by atoms with Gasteiger partial charge in [0.2, 0.25) is 0 Å². The molecule has 0 unspecified atom stereocenters. The molecule has 0 aliphatic carbocycles. The predicted molar refractivity (Wildman–Crippen MR) is 393 cm³/mol. The van der Waals surface area contributed by atoms with Crippen molar-refractivity contribution in [1.29, 1.82) is 0 Å². The van der Waals surface area contributed by atoms with Crippen LogP contribution in [0.2, 0.25) is 0 Å². The van der Waals surface area contributed by atoms with Crippen molar-refractivity contribution in [3.05, 3.63) is 284 Å². The Kier molecular flexibility index (Phi) is 36.1. The smallest absolute Gasteiger partial charge is 0.0134 e. The van der Waals surface area contributed by atoms with Crippen LogP contribution in [0.5, 0.6) is 0 Å². The van der Waals surface area contributed by atoms with Gasteiger partial charge in [-0.05, 0) is 204 Å². The van der Waals surface area contributed by atoms with Crippen LogP contribution in [0.1, 0.15) is 0 Å². The molecule has 0 aliphatic rings. The van der Waals surface area contributed by atoms with Crippen molar-refractivity contribution in [2.75, 3.05) is 0 Å². The molecule has 0 N–H and O–H groups in total. The van der Waals surface area contributed by atoms with Crippen LogP contribution in [-0.4, -0.2) is 0 Å². The molecule has 0 fully saturated rings. The van der Waals surface area contributed by atoms with Gasteiger partial charge in [-0.15, -0.1) is 28.1 Å². The number of hydrogen-bond acceptors (Lipinski definition) is 3. The minimum absolute atomic E-state index is 0.106. The average molecular weight is 2050 g/mol. The third kappa shape index (κ3) is 23.8. The van der Waals surface area contributed by atoms with Crippen LogP contribution in [-0.2, 0) is 32.3 Å². The van der Waals surface area contributed by atoms with Crippen LogP contribution in [0.4, 0.5) is 0 Å². The minimum atomic E-state index is -0.446. The first-order valence-corrected chi connectivity index (χ1v) is 46.7. The van der Waals surface area contributed by atoms with E-state index >= 15 is 0 Å². The van der Waals surface area contributed by atoms with Crippen molar-refractivity contribution < 1.29 is 32.3 Å². The molecule has 0 nitrogen and oxygen atoms in total. The van der Waals surface area contributed by atoms with Crippen molar-refractivity contribution in [3.63, 3.8) is 0 Å². The molecule has 404 valence electrons. The second-order valence-corrected chi connectivity index (χ2v) is 32.9. The molecule has 0 saturated heterocycles. The summed E-state index contributed by atoms with van der Waals surface area (Å²) in [4.78, 5) is 2.46. The second-order valence-electron chi connectivity index (χ2n) is 15.3. The fourth-order valence-corrected chi connectivity index (χ4v) is 19.6. The first kappa shape index (κ1) is 70.6. The zero-order chi connectivity index (χ0) is 56.9. The van der Waals surface area contributed by atoms with Crippen molar-refractivity contribution in [2.24, 2.45) is 0 Å². The van der Waals surface area contributed by atoms with Gasteiger partial charge in [-0.25, -0.2) is 0 Å². The number of benzene rings is 8. The van der Waals surface area contributed by atoms with E-state index in [-0.39, 0.29) is 15.9 Å². The Bertz CT molecular complexity index is 3020. The number of hydrogen-bond donors (Lipinski definition) is 0. The van der Waals surface area contributed by atoms with E-state index in [1.807, 2.05) is 11.4 Å². The van der Waals surface area contributed by atoms with E-state index in [0.717, 1.165) is 31.3 Å². The Labute approximate surface area is 598 Å². The van der Waals surface area contributed by atoms with Crippen molar-refractivity contribution in [2.45, 2.75) is 0 Å². The third-order valence-corrected chi connectivity index (χ3v) is 26.1. The molecular weight excluding hydrogens is 2010 g/mol. The summed E-state index contributed by atoms with van der Waals surface area (Å²) in [6.45, 7) is 0. The van der Waals surface area contributed by atoms with Gasteiger partial charge in [0, 0.05) is 54.9 Å². The maximum atomic E-state index is 4.81. The molecule has 8 aromatic carbocycles. The van der Waals surface area contributed by atoms with Gasteiger partial charge < -0.3 is 11.3 Å². The zero-order valence-electron chi connectivity index (χ0n) is 40.8. The van der Waals surface area contributed by atoms with E-state index in [1.165, 1.54) is 76.2 Å². The molecule has 19 heteroatoms. The van der Waals surface area contributed by atoms with Crippen molar-refractivity contribution in [1.82, 2.24) is 0 Å². The van der Waals surface area contributed by atoms with Gasteiger partial charge in [-0.2, -0.15) is 11.4 Å². The first-order valence-electron chi connectivity index (χ1n) is 22.8. The summed E-state index contributed by atoms with van der Waals surface area (Å²) in [5, 5.41) is 17.5. The molecule has 0 aliphatic heterocycles. The Morgan fingerprint density at radius 2 is 0.633 bits per heavy atom. The molecule has 11 rings (SSSR count). The number of halogens is 12. The standard InChI is InChI=1S/2C18H15P.C14H6Br4S2.C6H2Br2I2.C4H2BrS.BrH.2ClH.Pd.Zn/c2*1-4-10-16(11-5-1)19(17-12-6-2-7-13-17)18-14-8-3-9-15-18;15-9-1-3-19-13(9)7-5-12(18)8(6-11(7)17)14-10(16)2-4-20-14;7-3-1-5(9)4(8)2-6(3)10;5-4-1-2-6-3-4;;;;;/h2*1-15H;1-6H;1-2H;1-2H;3*1H;;/q;;;;-1;;;;2*+2/p-3. The predicted octanol–water partition coefficient (Wildman–Crippen LogP) is 24.0. The normalized spacial score (nSPS) is 10.2. The van der Waals surface area contributed by atoms with Crippen LogP contribution >= 0.6 is 239 Å². The molecule has 11 aromatic rings. The van der Waals surface area contributed by atoms with Crippen LogP contribution in [0.25, 0.3) is 20.9 Å². The quantitative estimate of drug-likeness (QED) is 0.0468. The van der Waals surface area contributed by atoms with Crippen molar-refractivity contribution in [3.8, 4) is 20.9 Å². The van der Waals surface area contributed by atoms with Crippen LogP contribution in [0.3, 0.4) is 0 Å². The summed E-state index contributed by atoms with van der Waals surface area (Å²) in [7, 11) is 8.74. The Morgan fingerprint density at radius 1 is 0.367 bits per heavy atom. The first-order chi connectivity index (χ1) is 38.4. The molecule has 0 saturated carbocycles. The average Bonchev–Trinajstić information content (AvgIpc) is 4.28. The van der Waals surface area contributed by atoms with Gasteiger partial charge in [-0.1, -0.05) is 234 Å². The summed E-state index contributed by atoms with van der Waals surface area (Å²) < 4.78 is 10.3. The molecular formula is C60H40Br8Cl2I2P2PdS3Zn. The van der Waals surface area contributed by atoms with E-state index in [0.29, 0.717) is 0 Å². The van der Waals surface area contributed by atoms with E-state index < -0.39 is 15.8 Å². The van der Waals surface area contributed by atoms with Crippen LogP contribution < -0.4 is 31.8 Å². The van der Waals surface area contributed by atoms with E-state index in [1.54, 1.807) is 34.0 Å². The third-order valence-electron chi connectivity index (χ3n) is 10.3. The molecule has 0 radical (unpaired) electrons. The molecule has 0 atom stereocenters. The Morgan fingerprint density at radius 3 is 0.823 bits per heavy atom. The maximum absolute atomic E-state index is 4.81. The van der Waals surface area contributed by atoms with Crippen LogP contribution in [0, 0.1) is 12.5 Å². The fourth-order valence-electron chi connectivity index (χ4n) is 6.94. The molecule has 0 bridgehead atoms. The van der Waals surface area contributed by atoms with Crippen molar-refractivity contribution >= 4 is 271 Å². The molecule has 3 heterocycles. The van der Waals surface area contributed by atoms with Gasteiger partial charge in [-0.3, -0.25) is 0 Å². The fraction of sp³-hybridized carbons (Fsp3) is 0. The largest absolute Gasteiger partial charge is 0.0622 e. The van der Waals surface area contributed by atoms with Gasteiger partial charge in [0.1, 0.15) is 0 Å². The van der Waals surface area contributed by atoms with Gasteiger partial charge in [0.05, 0.1) is 0 Å².